The number of halogens is 1. The number of nitrogens with zero attached hydrogens (tertiary/aromatic N) is 2. The van der Waals surface area contributed by atoms with Crippen molar-refractivity contribution < 1.29 is 9.59 Å². The van der Waals surface area contributed by atoms with Crippen LogP contribution in [-0.2, 0) is 0 Å². The smallest absolute Gasteiger partial charge is 0.256 e. The van der Waals surface area contributed by atoms with Crippen LogP contribution in [0, 0.1) is 3.57 Å². The van der Waals surface area contributed by atoms with Gasteiger partial charge in [0.25, 0.3) is 11.8 Å². The molecule has 1 N–H and O–H groups in total. The number of carbonyl (C=O) groups excluding carboxylic acids is 2. The van der Waals surface area contributed by atoms with E-state index in [2.05, 4.69) is 44.9 Å². The molecule has 0 bridgehead atoms. The topological polar surface area (TPSA) is 52.7 Å². The summed E-state index contributed by atoms with van der Waals surface area (Å²) in [7, 11) is 0. The molecular formula is C24H22IN3O2. The standard InChI is InChI=1S/C24H22IN3O2/c25-19-8-6-7-18(17-19)23(29)26-22-12-5-4-11-21(22)24(30)28-15-13-27(14-16-28)20-9-2-1-3-10-20/h1-12,17H,13-16H2,(H,26,29). The molecule has 0 aromatic heterocycles. The number of nitrogens with one attached hydrogen (secondary N) is 1. The number of hydrogen-bond acceptors (Lipinski definition) is 3. The quantitative estimate of drug-likeness (QED) is 0.525. The number of carbonyl (C=O) groups is 2. The van der Waals surface area contributed by atoms with Crippen molar-refractivity contribution in [1.29, 1.82) is 0 Å². The van der Waals surface area contributed by atoms with Crippen molar-refractivity contribution in [2.45, 2.75) is 0 Å². The second-order valence-electron chi connectivity index (χ2n) is 7.12. The maximum atomic E-state index is 13.2. The van der Waals surface area contributed by atoms with E-state index in [1.165, 1.54) is 5.69 Å². The van der Waals surface area contributed by atoms with Crippen molar-refractivity contribution in [1.82, 2.24) is 4.90 Å². The van der Waals surface area contributed by atoms with Crippen molar-refractivity contribution in [3.05, 3.63) is 93.6 Å². The molecule has 4 rings (SSSR count). The van der Waals surface area contributed by atoms with Gasteiger partial charge in [0.2, 0.25) is 0 Å². The molecule has 3 aromatic rings. The molecule has 0 radical (unpaired) electrons. The summed E-state index contributed by atoms with van der Waals surface area (Å²) >= 11 is 2.18. The molecule has 1 aliphatic heterocycles. The third-order valence-corrected chi connectivity index (χ3v) is 5.85. The number of piperazine rings is 1. The van der Waals surface area contributed by atoms with Gasteiger partial charge in [-0.15, -0.1) is 0 Å². The third kappa shape index (κ3) is 4.64. The van der Waals surface area contributed by atoms with Crippen molar-refractivity contribution >= 4 is 45.8 Å². The van der Waals surface area contributed by atoms with Crippen LogP contribution >= 0.6 is 22.6 Å². The number of benzene rings is 3. The fourth-order valence-corrected chi connectivity index (χ4v) is 4.12. The van der Waals surface area contributed by atoms with Crippen LogP contribution < -0.4 is 10.2 Å². The maximum Gasteiger partial charge on any atom is 0.256 e. The molecule has 0 atom stereocenters. The Bertz CT molecular complexity index is 1050. The molecule has 3 aromatic carbocycles. The minimum absolute atomic E-state index is 0.0544. The van der Waals surface area contributed by atoms with Crippen LogP contribution in [-0.4, -0.2) is 42.9 Å². The summed E-state index contributed by atoms with van der Waals surface area (Å²) in [4.78, 5) is 30.0. The van der Waals surface area contributed by atoms with Gasteiger partial charge in [-0.1, -0.05) is 36.4 Å². The molecule has 0 spiro atoms. The Morgan fingerprint density at radius 1 is 0.800 bits per heavy atom. The molecule has 0 saturated carbocycles. The Hall–Kier alpha value is -2.87. The zero-order valence-corrected chi connectivity index (χ0v) is 18.6. The summed E-state index contributed by atoms with van der Waals surface area (Å²) in [5.41, 5.74) is 2.80. The molecule has 30 heavy (non-hydrogen) atoms. The number of hydrogen-bond donors (Lipinski definition) is 1. The Labute approximate surface area is 189 Å². The molecule has 5 nitrogen and oxygen atoms in total. The zero-order chi connectivity index (χ0) is 20.9. The van der Waals surface area contributed by atoms with Gasteiger partial charge in [-0.2, -0.15) is 0 Å². The number of amides is 2. The number of para-hydroxylation sites is 2. The summed E-state index contributed by atoms with van der Waals surface area (Å²) in [5, 5.41) is 2.91. The highest BCUT2D eigenvalue weighted by Crippen LogP contribution is 2.21. The lowest BCUT2D eigenvalue weighted by molar-refractivity contribution is 0.0748. The van der Waals surface area contributed by atoms with Crippen LogP contribution in [0.25, 0.3) is 0 Å². The molecule has 1 heterocycles. The van der Waals surface area contributed by atoms with Crippen LogP contribution in [0.2, 0.25) is 0 Å². The van der Waals surface area contributed by atoms with Crippen molar-refractivity contribution in [2.75, 3.05) is 36.4 Å². The molecule has 2 amide bonds. The van der Waals surface area contributed by atoms with Gasteiger partial charge in [0.05, 0.1) is 11.3 Å². The second-order valence-corrected chi connectivity index (χ2v) is 8.37. The Morgan fingerprint density at radius 3 is 2.23 bits per heavy atom. The van der Waals surface area contributed by atoms with Crippen molar-refractivity contribution in [3.8, 4) is 0 Å². The van der Waals surface area contributed by atoms with Crippen LogP contribution in [0.3, 0.4) is 0 Å². The minimum atomic E-state index is -0.220. The van der Waals surface area contributed by atoms with Gasteiger partial charge in [-0.25, -0.2) is 0 Å². The fourth-order valence-electron chi connectivity index (χ4n) is 3.58. The summed E-state index contributed by atoms with van der Waals surface area (Å²) in [5.74, 6) is -0.274. The van der Waals surface area contributed by atoms with E-state index in [-0.39, 0.29) is 11.8 Å². The first-order valence-electron chi connectivity index (χ1n) is 9.87. The van der Waals surface area contributed by atoms with E-state index in [0.29, 0.717) is 29.9 Å². The van der Waals surface area contributed by atoms with Crippen LogP contribution in [0.4, 0.5) is 11.4 Å². The first-order valence-corrected chi connectivity index (χ1v) is 10.9. The van der Waals surface area contributed by atoms with Gasteiger partial charge in [-0.3, -0.25) is 9.59 Å². The summed E-state index contributed by atoms with van der Waals surface area (Å²) in [6.07, 6.45) is 0. The van der Waals surface area contributed by atoms with Gasteiger partial charge in [-0.05, 0) is 65.1 Å². The largest absolute Gasteiger partial charge is 0.368 e. The van der Waals surface area contributed by atoms with Crippen LogP contribution in [0.1, 0.15) is 20.7 Å². The van der Waals surface area contributed by atoms with Gasteiger partial charge in [0, 0.05) is 41.0 Å². The molecule has 0 unspecified atom stereocenters. The van der Waals surface area contributed by atoms with Gasteiger partial charge in [0.15, 0.2) is 0 Å². The number of anilines is 2. The van der Waals surface area contributed by atoms with Crippen molar-refractivity contribution in [2.24, 2.45) is 0 Å². The molecular weight excluding hydrogens is 489 g/mol. The van der Waals surface area contributed by atoms with Crippen molar-refractivity contribution in [3.63, 3.8) is 0 Å². The molecule has 152 valence electrons. The normalized spacial score (nSPS) is 13.8. The monoisotopic (exact) mass is 511 g/mol. The van der Waals surface area contributed by atoms with E-state index in [1.807, 2.05) is 53.4 Å². The summed E-state index contributed by atoms with van der Waals surface area (Å²) < 4.78 is 0.987. The van der Waals surface area contributed by atoms with E-state index in [1.54, 1.807) is 18.2 Å². The van der Waals surface area contributed by atoms with E-state index >= 15 is 0 Å². The molecule has 6 heteroatoms. The first-order chi connectivity index (χ1) is 14.6. The van der Waals surface area contributed by atoms with E-state index < -0.39 is 0 Å². The van der Waals surface area contributed by atoms with E-state index in [0.717, 1.165) is 16.7 Å². The number of rotatable bonds is 4. The third-order valence-electron chi connectivity index (χ3n) is 5.18. The zero-order valence-electron chi connectivity index (χ0n) is 16.4. The summed E-state index contributed by atoms with van der Waals surface area (Å²) in [6.45, 7) is 2.86. The average Bonchev–Trinajstić information content (AvgIpc) is 2.80. The van der Waals surface area contributed by atoms with Crippen LogP contribution in [0.5, 0.6) is 0 Å². The van der Waals surface area contributed by atoms with Gasteiger partial charge in [0.1, 0.15) is 0 Å². The van der Waals surface area contributed by atoms with Gasteiger partial charge >= 0.3 is 0 Å². The lowest BCUT2D eigenvalue weighted by Crippen LogP contribution is -2.48. The Kier molecular flexibility index (Phi) is 6.32. The highest BCUT2D eigenvalue weighted by Gasteiger charge is 2.24. The SMILES string of the molecule is O=C(Nc1ccccc1C(=O)N1CCN(c2ccccc2)CC1)c1cccc(I)c1. The predicted molar refractivity (Wildman–Crippen MR) is 128 cm³/mol. The highest BCUT2D eigenvalue weighted by atomic mass is 127. The minimum Gasteiger partial charge on any atom is -0.368 e. The highest BCUT2D eigenvalue weighted by molar-refractivity contribution is 14.1. The van der Waals surface area contributed by atoms with Crippen LogP contribution in [0.15, 0.2) is 78.9 Å². The Morgan fingerprint density at radius 2 is 1.50 bits per heavy atom. The molecule has 1 fully saturated rings. The lowest BCUT2D eigenvalue weighted by atomic mass is 10.1. The molecule has 0 aliphatic carbocycles. The van der Waals surface area contributed by atoms with Gasteiger partial charge < -0.3 is 15.1 Å². The average molecular weight is 511 g/mol. The molecule has 1 aliphatic rings. The van der Waals surface area contributed by atoms with E-state index in [9.17, 15) is 9.59 Å². The fraction of sp³-hybridized carbons (Fsp3) is 0.167. The molecule has 1 saturated heterocycles. The second kappa shape index (κ2) is 9.30. The lowest BCUT2D eigenvalue weighted by Gasteiger charge is -2.36. The first kappa shape index (κ1) is 20.4. The van der Waals surface area contributed by atoms with E-state index in [4.69, 9.17) is 0 Å². The maximum absolute atomic E-state index is 13.2. The summed E-state index contributed by atoms with van der Waals surface area (Å²) in [6, 6.07) is 24.8. The predicted octanol–water partition coefficient (Wildman–Crippen LogP) is 4.51. The Balaban J connectivity index is 1.46.